The lowest BCUT2D eigenvalue weighted by Gasteiger charge is -2.12. The van der Waals surface area contributed by atoms with Crippen molar-refractivity contribution < 1.29 is 18.3 Å². The summed E-state index contributed by atoms with van der Waals surface area (Å²) in [7, 11) is 0. The third-order valence-corrected chi connectivity index (χ3v) is 2.54. The highest BCUT2D eigenvalue weighted by molar-refractivity contribution is 5.74. The van der Waals surface area contributed by atoms with Gasteiger partial charge >= 0.3 is 0 Å². The lowest BCUT2D eigenvalue weighted by Crippen LogP contribution is -2.06. The number of hydrogen-bond donors (Lipinski definition) is 0. The van der Waals surface area contributed by atoms with Crippen LogP contribution in [0, 0.1) is 11.7 Å². The van der Waals surface area contributed by atoms with E-state index in [1.165, 1.54) is 6.07 Å². The number of halogens is 1. The van der Waals surface area contributed by atoms with E-state index in [1.807, 2.05) is 13.8 Å². The Kier molecular flexibility index (Phi) is 4.00. The molecule has 0 N–H and O–H groups in total. The van der Waals surface area contributed by atoms with Crippen molar-refractivity contribution in [1.82, 2.24) is 0 Å². The van der Waals surface area contributed by atoms with E-state index >= 15 is 0 Å². The van der Waals surface area contributed by atoms with Crippen molar-refractivity contribution in [3.63, 3.8) is 0 Å². The Morgan fingerprint density at radius 3 is 2.74 bits per heavy atom. The molecule has 0 aliphatic heterocycles. The molecule has 3 nitrogen and oxygen atoms in total. The fourth-order valence-corrected chi connectivity index (χ4v) is 1.66. The average molecular weight is 262 g/mol. The lowest BCUT2D eigenvalue weighted by molar-refractivity contribution is 0.110. The molecule has 2 rings (SSSR count). The maximum Gasteiger partial charge on any atom is 0.185 e. The third-order valence-electron chi connectivity index (χ3n) is 2.54. The summed E-state index contributed by atoms with van der Waals surface area (Å²) in [6.07, 6.45) is 0.609. The summed E-state index contributed by atoms with van der Waals surface area (Å²) in [5.41, 5.74) is 0.508. The highest BCUT2D eigenvalue weighted by Crippen LogP contribution is 2.33. The van der Waals surface area contributed by atoms with Crippen molar-refractivity contribution in [1.29, 1.82) is 0 Å². The highest BCUT2D eigenvalue weighted by atomic mass is 19.1. The standard InChI is InChI=1S/C15H15FO3/c1-10(2)9-18-15-12(4-3-5-13(15)16)14-7-6-11(8-17)19-14/h3-8,10H,9H2,1-2H3. The van der Waals surface area contributed by atoms with Gasteiger partial charge in [-0.2, -0.15) is 0 Å². The molecule has 0 fully saturated rings. The molecule has 0 amide bonds. The Bertz CT molecular complexity index is 573. The quantitative estimate of drug-likeness (QED) is 0.766. The van der Waals surface area contributed by atoms with Crippen LogP contribution in [0.15, 0.2) is 34.7 Å². The number of carbonyl (C=O) groups excluding carboxylic acids is 1. The molecule has 4 heteroatoms. The maximum atomic E-state index is 13.8. The molecule has 0 atom stereocenters. The molecule has 2 aromatic rings. The van der Waals surface area contributed by atoms with Gasteiger partial charge in [-0.1, -0.05) is 19.9 Å². The van der Waals surface area contributed by atoms with Gasteiger partial charge in [-0.3, -0.25) is 4.79 Å². The highest BCUT2D eigenvalue weighted by Gasteiger charge is 2.15. The summed E-state index contributed by atoms with van der Waals surface area (Å²) in [6.45, 7) is 4.38. The Balaban J connectivity index is 2.38. The first-order chi connectivity index (χ1) is 9.11. The number of rotatable bonds is 5. The fourth-order valence-electron chi connectivity index (χ4n) is 1.66. The Labute approximate surface area is 111 Å². The summed E-state index contributed by atoms with van der Waals surface area (Å²) in [6, 6.07) is 7.78. The van der Waals surface area contributed by atoms with Crippen LogP contribution in [-0.2, 0) is 0 Å². The zero-order valence-corrected chi connectivity index (χ0v) is 10.9. The van der Waals surface area contributed by atoms with Gasteiger partial charge in [0.2, 0.25) is 0 Å². The molecule has 100 valence electrons. The van der Waals surface area contributed by atoms with Gasteiger partial charge in [0.25, 0.3) is 0 Å². The molecule has 19 heavy (non-hydrogen) atoms. The SMILES string of the molecule is CC(C)COc1c(F)cccc1-c1ccc(C=O)o1. The van der Waals surface area contributed by atoms with E-state index in [-0.39, 0.29) is 17.4 Å². The topological polar surface area (TPSA) is 39.4 Å². The van der Waals surface area contributed by atoms with E-state index in [1.54, 1.807) is 24.3 Å². The van der Waals surface area contributed by atoms with E-state index in [0.717, 1.165) is 0 Å². The van der Waals surface area contributed by atoms with E-state index in [4.69, 9.17) is 9.15 Å². The molecular formula is C15H15FO3. The van der Waals surface area contributed by atoms with Crippen LogP contribution in [-0.4, -0.2) is 12.9 Å². The van der Waals surface area contributed by atoms with Crippen LogP contribution < -0.4 is 4.74 Å². The van der Waals surface area contributed by atoms with Gasteiger partial charge in [0.05, 0.1) is 12.2 Å². The molecular weight excluding hydrogens is 247 g/mol. The first-order valence-corrected chi connectivity index (χ1v) is 6.08. The zero-order chi connectivity index (χ0) is 13.8. The van der Waals surface area contributed by atoms with E-state index in [9.17, 15) is 9.18 Å². The molecule has 1 heterocycles. The first kappa shape index (κ1) is 13.3. The van der Waals surface area contributed by atoms with Crippen molar-refractivity contribution in [3.8, 4) is 17.1 Å². The minimum atomic E-state index is -0.442. The molecule has 0 aliphatic rings. The van der Waals surface area contributed by atoms with Gasteiger partial charge in [-0.25, -0.2) is 4.39 Å². The van der Waals surface area contributed by atoms with E-state index in [0.29, 0.717) is 24.2 Å². The first-order valence-electron chi connectivity index (χ1n) is 6.08. The van der Waals surface area contributed by atoms with Gasteiger partial charge in [0, 0.05) is 0 Å². The van der Waals surface area contributed by atoms with E-state index in [2.05, 4.69) is 0 Å². The summed E-state index contributed by atoms with van der Waals surface area (Å²) in [5, 5.41) is 0. The third kappa shape index (κ3) is 3.02. The molecule has 0 saturated carbocycles. The van der Waals surface area contributed by atoms with Gasteiger partial charge < -0.3 is 9.15 Å². The molecule has 0 radical (unpaired) electrons. The normalized spacial score (nSPS) is 10.7. The van der Waals surface area contributed by atoms with Crippen LogP contribution >= 0.6 is 0 Å². The second-order valence-electron chi connectivity index (χ2n) is 4.64. The van der Waals surface area contributed by atoms with Gasteiger partial charge in [0.1, 0.15) is 5.76 Å². The molecule has 0 unspecified atom stereocenters. The predicted octanol–water partition coefficient (Wildman–Crippen LogP) is 3.93. The second kappa shape index (κ2) is 5.69. The van der Waals surface area contributed by atoms with Crippen LogP contribution in [0.25, 0.3) is 11.3 Å². The fraction of sp³-hybridized carbons (Fsp3) is 0.267. The average Bonchev–Trinajstić information content (AvgIpc) is 2.85. The molecule has 0 spiro atoms. The number of para-hydroxylation sites is 1. The van der Waals surface area contributed by atoms with Gasteiger partial charge in [-0.15, -0.1) is 0 Å². The van der Waals surface area contributed by atoms with Crippen molar-refractivity contribution >= 4 is 6.29 Å². The van der Waals surface area contributed by atoms with Crippen LogP contribution in [0.5, 0.6) is 5.75 Å². The second-order valence-corrected chi connectivity index (χ2v) is 4.64. The number of aldehydes is 1. The minimum Gasteiger partial charge on any atom is -0.489 e. The van der Waals surface area contributed by atoms with Crippen molar-refractivity contribution in [2.75, 3.05) is 6.61 Å². The summed E-state index contributed by atoms with van der Waals surface area (Å²) in [5.74, 6) is 0.620. The predicted molar refractivity (Wildman–Crippen MR) is 69.8 cm³/mol. The number of carbonyl (C=O) groups is 1. The van der Waals surface area contributed by atoms with Crippen LogP contribution in [0.2, 0.25) is 0 Å². The van der Waals surface area contributed by atoms with Crippen LogP contribution in [0.4, 0.5) is 4.39 Å². The maximum absolute atomic E-state index is 13.8. The molecule has 1 aromatic carbocycles. The monoisotopic (exact) mass is 262 g/mol. The molecule has 0 saturated heterocycles. The smallest absolute Gasteiger partial charge is 0.185 e. The van der Waals surface area contributed by atoms with Crippen molar-refractivity contribution in [3.05, 3.63) is 41.9 Å². The summed E-state index contributed by atoms with van der Waals surface area (Å²) < 4.78 is 24.6. The van der Waals surface area contributed by atoms with Crippen LogP contribution in [0.3, 0.4) is 0 Å². The van der Waals surface area contributed by atoms with Crippen molar-refractivity contribution in [2.45, 2.75) is 13.8 Å². The van der Waals surface area contributed by atoms with Gasteiger partial charge in [0.15, 0.2) is 23.6 Å². The van der Waals surface area contributed by atoms with Crippen LogP contribution in [0.1, 0.15) is 24.4 Å². The van der Waals surface area contributed by atoms with E-state index < -0.39 is 5.82 Å². The Morgan fingerprint density at radius 2 is 2.11 bits per heavy atom. The molecule has 1 aromatic heterocycles. The lowest BCUT2D eigenvalue weighted by atomic mass is 10.1. The molecule has 0 bridgehead atoms. The number of ether oxygens (including phenoxy) is 1. The largest absolute Gasteiger partial charge is 0.489 e. The number of furan rings is 1. The number of benzene rings is 1. The van der Waals surface area contributed by atoms with Crippen molar-refractivity contribution in [2.24, 2.45) is 5.92 Å². The minimum absolute atomic E-state index is 0.156. The molecule has 0 aliphatic carbocycles. The Morgan fingerprint density at radius 1 is 1.32 bits per heavy atom. The van der Waals surface area contributed by atoms with Gasteiger partial charge in [-0.05, 0) is 30.2 Å². The summed E-state index contributed by atoms with van der Waals surface area (Å²) >= 11 is 0. The Hall–Kier alpha value is -2.10. The summed E-state index contributed by atoms with van der Waals surface area (Å²) in [4.78, 5) is 10.6. The zero-order valence-electron chi connectivity index (χ0n) is 10.9. The number of hydrogen-bond acceptors (Lipinski definition) is 3.